The van der Waals surface area contributed by atoms with Crippen LogP contribution in [-0.2, 0) is 0 Å². The van der Waals surface area contributed by atoms with Crippen molar-refractivity contribution in [1.29, 1.82) is 0 Å². The summed E-state index contributed by atoms with van der Waals surface area (Å²) < 4.78 is 6.09. The Morgan fingerprint density at radius 2 is 1.89 bits per heavy atom. The molecule has 38 heavy (non-hydrogen) atoms. The fraction of sp³-hybridized carbons (Fsp3) is 0.467. The first-order valence-corrected chi connectivity index (χ1v) is 13.4. The Morgan fingerprint density at radius 1 is 1.18 bits per heavy atom. The van der Waals surface area contributed by atoms with Gasteiger partial charge in [0.1, 0.15) is 12.1 Å². The monoisotopic (exact) mass is 520 g/mol. The first-order valence-electron chi connectivity index (χ1n) is 13.4. The third-order valence-corrected chi connectivity index (χ3v) is 7.30. The van der Waals surface area contributed by atoms with E-state index < -0.39 is 0 Å². The van der Waals surface area contributed by atoms with E-state index in [1.54, 1.807) is 24.3 Å². The quantitative estimate of drug-likeness (QED) is 0.127. The third-order valence-electron chi connectivity index (χ3n) is 7.30. The molecule has 1 aliphatic rings. The van der Waals surface area contributed by atoms with Crippen molar-refractivity contribution in [2.24, 2.45) is 16.8 Å². The van der Waals surface area contributed by atoms with Gasteiger partial charge in [0.05, 0.1) is 12.3 Å². The van der Waals surface area contributed by atoms with Gasteiger partial charge in [0, 0.05) is 43.4 Å². The Bertz CT molecular complexity index is 1090. The molecule has 1 atom stereocenters. The number of carbonyl (C=O) groups excluding carboxylic acids is 1. The van der Waals surface area contributed by atoms with Gasteiger partial charge in [0.15, 0.2) is 0 Å². The van der Waals surface area contributed by atoms with Crippen LogP contribution in [-0.4, -0.2) is 68.9 Å². The summed E-state index contributed by atoms with van der Waals surface area (Å²) in [6.07, 6.45) is 5.07. The van der Waals surface area contributed by atoms with Crippen molar-refractivity contribution in [2.75, 3.05) is 51.9 Å². The van der Waals surface area contributed by atoms with Gasteiger partial charge in [-0.05, 0) is 101 Å². The SMILES string of the molecule is C=C/N=C\N(N)c1ccc(C(=O)NCC2CN(C(C)c3ccc(OCCCCN(C)C)c(C)c3C)C2)cc1. The molecule has 0 spiro atoms. The third kappa shape index (κ3) is 7.90. The van der Waals surface area contributed by atoms with Gasteiger partial charge < -0.3 is 15.0 Å². The molecule has 1 fully saturated rings. The number of hydrogen-bond acceptors (Lipinski definition) is 6. The van der Waals surface area contributed by atoms with Crippen molar-refractivity contribution in [3.63, 3.8) is 0 Å². The van der Waals surface area contributed by atoms with Crippen LogP contribution in [0.4, 0.5) is 5.69 Å². The molecule has 206 valence electrons. The van der Waals surface area contributed by atoms with E-state index in [0.717, 1.165) is 50.5 Å². The minimum absolute atomic E-state index is 0.0739. The van der Waals surface area contributed by atoms with Crippen LogP contribution in [0.2, 0.25) is 0 Å². The molecule has 8 heteroatoms. The average Bonchev–Trinajstić information content (AvgIpc) is 2.88. The zero-order chi connectivity index (χ0) is 27.7. The fourth-order valence-corrected chi connectivity index (χ4v) is 4.70. The maximum Gasteiger partial charge on any atom is 0.251 e. The van der Waals surface area contributed by atoms with Gasteiger partial charge in [-0.15, -0.1) is 0 Å². The van der Waals surface area contributed by atoms with Crippen LogP contribution < -0.4 is 20.9 Å². The minimum Gasteiger partial charge on any atom is -0.493 e. The van der Waals surface area contributed by atoms with Crippen LogP contribution in [0.3, 0.4) is 0 Å². The van der Waals surface area contributed by atoms with Gasteiger partial charge in [-0.25, -0.2) is 10.8 Å². The maximum atomic E-state index is 12.6. The number of ether oxygens (including phenoxy) is 1. The summed E-state index contributed by atoms with van der Waals surface area (Å²) in [4.78, 5) is 21.2. The molecule has 1 saturated heterocycles. The molecule has 2 aromatic rings. The van der Waals surface area contributed by atoms with Crippen molar-refractivity contribution in [1.82, 2.24) is 15.1 Å². The van der Waals surface area contributed by atoms with E-state index in [1.807, 2.05) is 0 Å². The normalized spacial score (nSPS) is 14.9. The minimum atomic E-state index is -0.0739. The van der Waals surface area contributed by atoms with Crippen molar-refractivity contribution in [3.05, 3.63) is 71.4 Å². The van der Waals surface area contributed by atoms with Gasteiger partial charge >= 0.3 is 0 Å². The van der Waals surface area contributed by atoms with Crippen molar-refractivity contribution in [2.45, 2.75) is 39.7 Å². The van der Waals surface area contributed by atoms with E-state index in [-0.39, 0.29) is 5.91 Å². The largest absolute Gasteiger partial charge is 0.493 e. The molecular formula is C30H44N6O2. The number of unbranched alkanes of at least 4 members (excludes halogenated alkanes) is 1. The highest BCUT2D eigenvalue weighted by Crippen LogP contribution is 2.34. The van der Waals surface area contributed by atoms with Crippen LogP contribution in [0, 0.1) is 19.8 Å². The Hall–Kier alpha value is -3.20. The zero-order valence-corrected chi connectivity index (χ0v) is 23.6. The van der Waals surface area contributed by atoms with E-state index >= 15 is 0 Å². The van der Waals surface area contributed by atoms with Crippen molar-refractivity contribution in [3.8, 4) is 5.75 Å². The number of anilines is 1. The molecule has 1 aliphatic heterocycles. The summed E-state index contributed by atoms with van der Waals surface area (Å²) in [6.45, 7) is 14.6. The Labute approximate surface area is 228 Å². The lowest BCUT2D eigenvalue weighted by molar-refractivity contribution is 0.0569. The Balaban J connectivity index is 1.44. The Kier molecular flexibility index (Phi) is 10.9. The number of nitrogens with zero attached hydrogens (tertiary/aromatic N) is 4. The summed E-state index contributed by atoms with van der Waals surface area (Å²) in [6, 6.07) is 11.8. The smallest absolute Gasteiger partial charge is 0.251 e. The fourth-order valence-electron chi connectivity index (χ4n) is 4.70. The number of nitrogens with two attached hydrogens (primary N) is 1. The highest BCUT2D eigenvalue weighted by atomic mass is 16.5. The van der Waals surface area contributed by atoms with Crippen LogP contribution in [0.1, 0.15) is 52.9 Å². The van der Waals surface area contributed by atoms with Gasteiger partial charge in [-0.2, -0.15) is 0 Å². The predicted molar refractivity (Wildman–Crippen MR) is 157 cm³/mol. The molecule has 8 nitrogen and oxygen atoms in total. The average molecular weight is 521 g/mol. The van der Waals surface area contributed by atoms with E-state index in [4.69, 9.17) is 10.6 Å². The van der Waals surface area contributed by atoms with Crippen LogP contribution in [0.5, 0.6) is 5.75 Å². The number of rotatable bonds is 14. The standard InChI is InChI=1S/C30H44N6O2/c1-7-32-21-36(31)27-12-10-26(11-13-27)30(37)33-18-25-19-35(20-25)24(4)28-14-15-29(23(3)22(28)2)38-17-9-8-16-34(5)6/h7,10-15,21,24-25H,1,8-9,16-20,31H2,2-6H3,(H,33,37)/b32-21-. The highest BCUT2D eigenvalue weighted by Gasteiger charge is 2.32. The maximum absolute atomic E-state index is 12.6. The van der Waals surface area contributed by atoms with Gasteiger partial charge in [-0.1, -0.05) is 12.6 Å². The molecule has 0 radical (unpaired) electrons. The molecular weight excluding hydrogens is 476 g/mol. The summed E-state index contributed by atoms with van der Waals surface area (Å²) in [5.41, 5.74) is 5.22. The molecule has 1 amide bonds. The van der Waals surface area contributed by atoms with Crippen LogP contribution in [0.15, 0.2) is 54.2 Å². The molecule has 1 heterocycles. The molecule has 1 unspecified atom stereocenters. The van der Waals surface area contributed by atoms with Crippen LogP contribution in [0.25, 0.3) is 0 Å². The second kappa shape index (κ2) is 14.1. The lowest BCUT2D eigenvalue weighted by atomic mass is 9.91. The topological polar surface area (TPSA) is 86.4 Å². The van der Waals surface area contributed by atoms with E-state index in [0.29, 0.717) is 24.1 Å². The number of likely N-dealkylation sites (tertiary alicyclic amines) is 1. The van der Waals surface area contributed by atoms with Gasteiger partial charge in [-0.3, -0.25) is 14.7 Å². The first-order chi connectivity index (χ1) is 18.2. The zero-order valence-electron chi connectivity index (χ0n) is 23.6. The summed E-state index contributed by atoms with van der Waals surface area (Å²) in [5, 5.41) is 4.46. The number of benzene rings is 2. The highest BCUT2D eigenvalue weighted by molar-refractivity contribution is 5.94. The van der Waals surface area contributed by atoms with Crippen LogP contribution >= 0.6 is 0 Å². The number of carbonyl (C=O) groups is 1. The first kappa shape index (κ1) is 29.4. The number of aliphatic imine (C=N–C) groups is 1. The number of nitrogens with one attached hydrogen (secondary N) is 1. The number of amides is 1. The Morgan fingerprint density at radius 3 is 2.55 bits per heavy atom. The molecule has 3 N–H and O–H groups in total. The van der Waals surface area contributed by atoms with E-state index in [9.17, 15) is 4.79 Å². The predicted octanol–water partition coefficient (Wildman–Crippen LogP) is 4.30. The van der Waals surface area contributed by atoms with Crippen molar-refractivity contribution >= 4 is 17.9 Å². The molecule has 3 rings (SSSR count). The number of hydrogen-bond donors (Lipinski definition) is 2. The summed E-state index contributed by atoms with van der Waals surface area (Å²) in [5.74, 6) is 7.26. The molecule has 0 bridgehead atoms. The van der Waals surface area contributed by atoms with Crippen molar-refractivity contribution < 1.29 is 9.53 Å². The van der Waals surface area contributed by atoms with Gasteiger partial charge in [0.25, 0.3) is 5.91 Å². The van der Waals surface area contributed by atoms with E-state index in [1.165, 1.54) is 34.2 Å². The molecule has 0 saturated carbocycles. The number of hydrazine groups is 1. The summed E-state index contributed by atoms with van der Waals surface area (Å²) in [7, 11) is 4.20. The second-order valence-electron chi connectivity index (χ2n) is 10.4. The lowest BCUT2D eigenvalue weighted by Gasteiger charge is -2.44. The lowest BCUT2D eigenvalue weighted by Crippen LogP contribution is -2.52. The second-order valence-corrected chi connectivity index (χ2v) is 10.4. The molecule has 0 aliphatic carbocycles. The van der Waals surface area contributed by atoms with E-state index in [2.05, 4.69) is 73.7 Å². The summed E-state index contributed by atoms with van der Waals surface area (Å²) >= 11 is 0. The molecule has 2 aromatic carbocycles. The molecule has 0 aromatic heterocycles. The van der Waals surface area contributed by atoms with Gasteiger partial charge in [0.2, 0.25) is 0 Å².